The molecule has 12 aromatic rings. The van der Waals surface area contributed by atoms with Crippen molar-refractivity contribution in [2.75, 3.05) is 21.1 Å². The lowest BCUT2D eigenvalue weighted by molar-refractivity contribution is -0.137. The summed E-state index contributed by atoms with van der Waals surface area (Å²) >= 11 is 4.31. The lowest BCUT2D eigenvalue weighted by atomic mass is 10.1. The van der Waals surface area contributed by atoms with Crippen LogP contribution < -0.4 is 30.2 Å². The first kappa shape index (κ1) is 65.8. The number of phenolic OH excluding ortho intramolecular Hbond substituents is 4. The van der Waals surface area contributed by atoms with Crippen molar-refractivity contribution >= 4 is 100 Å². The Bertz CT molecular complexity index is 4810. The van der Waals surface area contributed by atoms with Gasteiger partial charge in [0.25, 0.3) is 0 Å². The summed E-state index contributed by atoms with van der Waals surface area (Å²) in [6.07, 6.45) is 5.04. The van der Waals surface area contributed by atoms with Crippen LogP contribution in [0.5, 0.6) is 57.5 Å². The number of rotatable bonds is 15. The minimum atomic E-state index is -4.42. The van der Waals surface area contributed by atoms with E-state index in [2.05, 4.69) is 16.0 Å². The van der Waals surface area contributed by atoms with Gasteiger partial charge in [0.1, 0.15) is 46.1 Å². The number of likely N-dealkylation sites (N-methyl/N-ethyl adjacent to an activating group) is 3. The van der Waals surface area contributed by atoms with Gasteiger partial charge in [0.15, 0.2) is 17.2 Å². The number of fused-ring (bicyclic) bond motifs is 3. The average Bonchev–Trinajstić information content (AvgIpc) is 1.64. The topological polar surface area (TPSA) is 196 Å². The molecule has 3 amide bonds. The zero-order chi connectivity index (χ0) is 66.6. The molecule has 0 saturated heterocycles. The van der Waals surface area contributed by atoms with Crippen LogP contribution in [0.3, 0.4) is 0 Å². The van der Waals surface area contributed by atoms with E-state index < -0.39 is 11.7 Å². The molecular weight excluding hydrogens is 1260 g/mol. The summed E-state index contributed by atoms with van der Waals surface area (Å²) in [5.74, 6) is 3.47. The van der Waals surface area contributed by atoms with Gasteiger partial charge >= 0.3 is 6.18 Å². The van der Waals surface area contributed by atoms with Crippen LogP contribution >= 0.6 is 34.0 Å². The number of thiophene rings is 3. The van der Waals surface area contributed by atoms with E-state index in [0.29, 0.717) is 44.9 Å². The second-order valence-electron chi connectivity index (χ2n) is 20.8. The average molecular weight is 1320 g/mol. The Kier molecular flexibility index (Phi) is 20.6. The summed E-state index contributed by atoms with van der Waals surface area (Å²) in [5, 5.41) is 49.6. The molecule has 0 fully saturated rings. The van der Waals surface area contributed by atoms with Gasteiger partial charge in [-0.1, -0.05) is 60.7 Å². The number of phenols is 4. The lowest BCUT2D eigenvalue weighted by Crippen LogP contribution is -2.13. The van der Waals surface area contributed by atoms with Crippen LogP contribution in [0.2, 0.25) is 0 Å². The first-order chi connectivity index (χ1) is 45.2. The predicted octanol–water partition coefficient (Wildman–Crippen LogP) is 18.6. The summed E-state index contributed by atoms with van der Waals surface area (Å²) in [6, 6.07) is 53.6. The van der Waals surface area contributed by atoms with Crippen LogP contribution in [0.25, 0.3) is 79.8 Å². The Balaban J connectivity index is 0.000000154. The third kappa shape index (κ3) is 16.3. The van der Waals surface area contributed by atoms with Crippen molar-refractivity contribution in [3.8, 4) is 88.8 Å². The van der Waals surface area contributed by atoms with Gasteiger partial charge in [-0.25, -0.2) is 4.39 Å². The molecule has 3 heterocycles. The van der Waals surface area contributed by atoms with E-state index in [4.69, 9.17) is 14.2 Å². The zero-order valence-electron chi connectivity index (χ0n) is 50.4. The third-order valence-electron chi connectivity index (χ3n) is 14.2. The highest BCUT2D eigenvalue weighted by molar-refractivity contribution is 7.23. The first-order valence-corrected chi connectivity index (χ1v) is 31.2. The number of benzene rings is 9. The summed E-state index contributed by atoms with van der Waals surface area (Å²) in [6.45, 7) is 1.85. The molecule has 0 spiro atoms. The Labute approximate surface area is 548 Å². The number of aryl methyl sites for hydroxylation is 1. The van der Waals surface area contributed by atoms with Crippen molar-refractivity contribution in [3.05, 3.63) is 246 Å². The van der Waals surface area contributed by atoms with Crippen molar-refractivity contribution in [3.63, 3.8) is 0 Å². The number of alkyl halides is 3. The fourth-order valence-electron chi connectivity index (χ4n) is 9.33. The fourth-order valence-corrected chi connectivity index (χ4v) is 12.8. The number of nitrogens with one attached hydrogen (secondary N) is 3. The molecule has 0 bridgehead atoms. The number of ether oxygens (including phenoxy) is 3. The van der Waals surface area contributed by atoms with E-state index in [9.17, 15) is 52.4 Å². The summed E-state index contributed by atoms with van der Waals surface area (Å²) < 4.78 is 73.5. The number of hydrogen-bond donors (Lipinski definition) is 7. The molecule has 474 valence electrons. The maximum absolute atomic E-state index is 13.4. The Hall–Kier alpha value is -11.2. The minimum absolute atomic E-state index is 0.0847. The van der Waals surface area contributed by atoms with Crippen molar-refractivity contribution in [1.82, 2.24) is 16.0 Å². The van der Waals surface area contributed by atoms with Gasteiger partial charge < -0.3 is 50.6 Å². The molecule has 9 aromatic carbocycles. The molecular formula is C74H57F4N3O10S3. The molecule has 20 heteroatoms. The van der Waals surface area contributed by atoms with E-state index >= 15 is 0 Å². The zero-order valence-corrected chi connectivity index (χ0v) is 52.9. The number of halogens is 4. The standard InChI is InChI=1S/C25H18F3NO3S.C25H21NO4S.C24H18FNO3S/c1-29-22(31)13-4-15-2-10-19(11-3-15)32-23-20-12-9-18(30)14-21(20)33-24(23)16-5-7-17(8-6-16)25(26,27)28;1-15-13-17(6-11-21(15)28)25-24(20-10-7-18(27)14-22(20)31-25)30-19-8-3-16(4-9-19)5-12-23(29)26-2;1-26-22(28)13-4-15-2-10-19(11-3-15)29-23-20-12-9-18(27)14-21(20)30-24(23)16-5-7-17(25)8-6-16/h2-14,30H,1H3,(H,29,31);3-14,27-28H,1-2H3,(H,26,29);2-14,27H,1H3,(H,26,28)/b13-4+;12-5+;13-4+. The van der Waals surface area contributed by atoms with E-state index in [1.807, 2.05) is 79.7 Å². The molecule has 13 nitrogen and oxygen atoms in total. The van der Waals surface area contributed by atoms with Crippen molar-refractivity contribution < 1.29 is 66.6 Å². The van der Waals surface area contributed by atoms with Gasteiger partial charge in [0.05, 0.1) is 20.2 Å². The van der Waals surface area contributed by atoms with Crippen molar-refractivity contribution in [2.45, 2.75) is 13.1 Å². The third-order valence-corrected chi connectivity index (χ3v) is 17.8. The van der Waals surface area contributed by atoms with Gasteiger partial charge in [0.2, 0.25) is 17.7 Å². The smallest absolute Gasteiger partial charge is 0.416 e. The maximum atomic E-state index is 13.4. The quantitative estimate of drug-likeness (QED) is 0.0383. The summed E-state index contributed by atoms with van der Waals surface area (Å²) in [7, 11) is 4.71. The number of carbonyl (C=O) groups is 3. The van der Waals surface area contributed by atoms with Crippen LogP contribution in [0.1, 0.15) is 27.8 Å². The summed E-state index contributed by atoms with van der Waals surface area (Å²) in [5.41, 5.74) is 4.92. The first-order valence-electron chi connectivity index (χ1n) is 28.8. The highest BCUT2D eigenvalue weighted by Crippen LogP contribution is 2.51. The highest BCUT2D eigenvalue weighted by atomic mass is 32.1. The van der Waals surface area contributed by atoms with Crippen LogP contribution in [0.15, 0.2) is 212 Å². The van der Waals surface area contributed by atoms with E-state index in [1.54, 1.807) is 118 Å². The maximum Gasteiger partial charge on any atom is 0.416 e. The highest BCUT2D eigenvalue weighted by Gasteiger charge is 2.30. The number of amides is 3. The van der Waals surface area contributed by atoms with E-state index in [1.165, 1.54) is 82.6 Å². The molecule has 0 radical (unpaired) electrons. The number of aromatic hydroxyl groups is 4. The van der Waals surface area contributed by atoms with E-state index in [-0.39, 0.29) is 46.5 Å². The molecule has 3 aromatic heterocycles. The Morgan fingerprint density at radius 1 is 0.415 bits per heavy atom. The molecule has 12 rings (SSSR count). The van der Waals surface area contributed by atoms with E-state index in [0.717, 1.165) is 85.5 Å². The minimum Gasteiger partial charge on any atom is -0.508 e. The lowest BCUT2D eigenvalue weighted by Gasteiger charge is -2.10. The van der Waals surface area contributed by atoms with Gasteiger partial charge in [-0.05, 0) is 198 Å². The normalized spacial score (nSPS) is 11.4. The predicted molar refractivity (Wildman–Crippen MR) is 367 cm³/mol. The number of hydrogen-bond acceptors (Lipinski definition) is 13. The fraction of sp³-hybridized carbons (Fsp3) is 0.0676. The second-order valence-corrected chi connectivity index (χ2v) is 23.9. The van der Waals surface area contributed by atoms with Crippen molar-refractivity contribution in [1.29, 1.82) is 0 Å². The Morgan fingerprint density at radius 3 is 1.05 bits per heavy atom. The van der Waals surface area contributed by atoms with Gasteiger partial charge in [-0.15, -0.1) is 34.0 Å². The largest absolute Gasteiger partial charge is 0.508 e. The molecule has 0 aliphatic heterocycles. The van der Waals surface area contributed by atoms with Gasteiger partial charge in [0, 0.05) is 69.6 Å². The second kappa shape index (κ2) is 29.4. The van der Waals surface area contributed by atoms with Gasteiger partial charge in [-0.3, -0.25) is 14.4 Å². The molecule has 94 heavy (non-hydrogen) atoms. The van der Waals surface area contributed by atoms with Gasteiger partial charge in [-0.2, -0.15) is 13.2 Å². The molecule has 0 aliphatic carbocycles. The monoisotopic (exact) mass is 1320 g/mol. The van der Waals surface area contributed by atoms with Crippen molar-refractivity contribution in [2.24, 2.45) is 0 Å². The van der Waals surface area contributed by atoms with Crippen LogP contribution in [0.4, 0.5) is 17.6 Å². The molecule has 0 unspecified atom stereocenters. The molecule has 0 saturated carbocycles. The number of carbonyl (C=O) groups excluding carboxylic acids is 3. The molecule has 7 N–H and O–H groups in total. The van der Waals surface area contributed by atoms with Crippen LogP contribution in [-0.2, 0) is 20.6 Å². The molecule has 0 aliphatic rings. The summed E-state index contributed by atoms with van der Waals surface area (Å²) in [4.78, 5) is 36.5. The SMILES string of the molecule is CNC(=O)/C=C/c1ccc(Oc2c(-c3ccc(C(F)(F)F)cc3)sc3cc(O)ccc23)cc1.CNC(=O)/C=C/c1ccc(Oc2c(-c3ccc(F)cc3)sc3cc(O)ccc23)cc1.CNC(=O)/C=C/c1ccc(Oc2c(-c3ccc(O)c(C)c3)sc3cc(O)ccc23)cc1. The Morgan fingerprint density at radius 2 is 0.734 bits per heavy atom. The van der Waals surface area contributed by atoms with Crippen LogP contribution in [-0.4, -0.2) is 59.3 Å². The van der Waals surface area contributed by atoms with Crippen LogP contribution in [0, 0.1) is 12.7 Å². The molecule has 0 atom stereocenters.